The maximum atomic E-state index is 11.5. The minimum Gasteiger partial charge on any atom is -0.481 e. The Morgan fingerprint density at radius 1 is 1.05 bits per heavy atom. The molecule has 9 nitrogen and oxygen atoms in total. The molecule has 0 unspecified atom stereocenters. The van der Waals surface area contributed by atoms with Gasteiger partial charge in [-0.1, -0.05) is 0 Å². The molecule has 0 fully saturated rings. The molecule has 0 aromatic heterocycles. The zero-order valence-electron chi connectivity index (χ0n) is 11.7. The van der Waals surface area contributed by atoms with Gasteiger partial charge in [0.25, 0.3) is 0 Å². The van der Waals surface area contributed by atoms with Crippen LogP contribution in [-0.4, -0.2) is 58.5 Å². The summed E-state index contributed by atoms with van der Waals surface area (Å²) < 4.78 is 51.6. The van der Waals surface area contributed by atoms with Gasteiger partial charge >= 0.3 is 11.9 Å². The van der Waals surface area contributed by atoms with Crippen molar-refractivity contribution in [2.24, 2.45) is 0 Å². The summed E-state index contributed by atoms with van der Waals surface area (Å²) in [5.74, 6) is -2.21. The largest absolute Gasteiger partial charge is 0.481 e. The summed E-state index contributed by atoms with van der Waals surface area (Å²) in [5.41, 5.74) is 0. The van der Waals surface area contributed by atoms with Crippen LogP contribution in [0, 0.1) is 0 Å². The zero-order valence-corrected chi connectivity index (χ0v) is 15.4. The molecule has 2 N–H and O–H groups in total. The van der Waals surface area contributed by atoms with Gasteiger partial charge in [-0.25, -0.2) is 21.6 Å². The number of esters is 1. The van der Waals surface area contributed by atoms with Crippen molar-refractivity contribution in [3.05, 3.63) is 0 Å². The Labute approximate surface area is 141 Å². The summed E-state index contributed by atoms with van der Waals surface area (Å²) in [4.78, 5) is 21.5. The van der Waals surface area contributed by atoms with Crippen LogP contribution >= 0.6 is 21.2 Å². The number of aliphatic carboxylic acids is 1. The summed E-state index contributed by atoms with van der Waals surface area (Å²) in [6.07, 6.45) is -0.131. The highest BCUT2D eigenvalue weighted by Gasteiger charge is 2.13. The first-order valence-electron chi connectivity index (χ1n) is 6.29. The Kier molecular flexibility index (Phi) is 10.1. The van der Waals surface area contributed by atoms with E-state index in [1.54, 1.807) is 0 Å². The van der Waals surface area contributed by atoms with Crippen LogP contribution in [0.15, 0.2) is 0 Å². The first kappa shape index (κ1) is 21.5. The molecule has 0 aliphatic heterocycles. The van der Waals surface area contributed by atoms with Crippen molar-refractivity contribution >= 4 is 50.2 Å². The number of rotatable bonds is 12. The average molecular weight is 471 g/mol. The van der Waals surface area contributed by atoms with E-state index < -0.39 is 29.0 Å². The lowest BCUT2D eigenvalue weighted by molar-refractivity contribution is -0.145. The predicted molar refractivity (Wildman–Crippen MR) is 86.7 cm³/mol. The molecule has 0 amide bonds. The molecule has 0 aliphatic carbocycles. The Hall–Kier alpha value is -0.470. The smallest absolute Gasteiger partial charge is 0.307 e. The van der Waals surface area contributed by atoms with Gasteiger partial charge in [-0.3, -0.25) is 9.59 Å². The highest BCUT2D eigenvalue weighted by Crippen LogP contribution is 2.04. The molecule has 0 spiro atoms. The standard InChI is InChI=1S/C10H18INO8S2/c11-21(16,17)7-2-8-22(18,19)12-5-4-10(15)20-6-1-3-9(13)14/h12H,1-8H2,(H,13,14). The predicted octanol–water partition coefficient (Wildman–Crippen LogP) is -0.141. The highest BCUT2D eigenvalue weighted by atomic mass is 127. The van der Waals surface area contributed by atoms with Gasteiger partial charge in [0.1, 0.15) is 0 Å². The van der Waals surface area contributed by atoms with Crippen LogP contribution in [0.5, 0.6) is 0 Å². The number of carbonyl (C=O) groups is 2. The number of carbonyl (C=O) groups excluding carboxylic acids is 1. The number of halogens is 1. The molecule has 0 saturated carbocycles. The molecular formula is C10H18INO8S2. The van der Waals surface area contributed by atoms with E-state index in [2.05, 4.69) is 4.72 Å². The maximum Gasteiger partial charge on any atom is 0.307 e. The first-order chi connectivity index (χ1) is 10.0. The van der Waals surface area contributed by atoms with Crippen LogP contribution in [0.25, 0.3) is 0 Å². The third kappa shape index (κ3) is 14.5. The normalized spacial score (nSPS) is 12.0. The van der Waals surface area contributed by atoms with E-state index in [4.69, 9.17) is 9.84 Å². The second-order valence-corrected chi connectivity index (χ2v) is 11.7. The second-order valence-electron chi connectivity index (χ2n) is 4.28. The number of carboxylic acid groups (broad SMARTS) is 1. The zero-order chi connectivity index (χ0) is 17.2. The van der Waals surface area contributed by atoms with Crippen LogP contribution in [0.4, 0.5) is 0 Å². The Morgan fingerprint density at radius 2 is 1.68 bits per heavy atom. The van der Waals surface area contributed by atoms with Crippen LogP contribution in [0.3, 0.4) is 0 Å². The van der Waals surface area contributed by atoms with E-state index in [0.29, 0.717) is 0 Å². The number of sulfonamides is 1. The van der Waals surface area contributed by atoms with E-state index in [1.165, 1.54) is 21.2 Å². The molecule has 0 aromatic rings. The molecule has 0 rings (SSSR count). The third-order valence-corrected chi connectivity index (χ3v) is 5.82. The topological polar surface area (TPSA) is 144 Å². The summed E-state index contributed by atoms with van der Waals surface area (Å²) in [6.45, 7) is -0.192. The summed E-state index contributed by atoms with van der Waals surface area (Å²) >= 11 is 1.24. The van der Waals surface area contributed by atoms with Crippen molar-refractivity contribution in [3.63, 3.8) is 0 Å². The molecule has 0 aliphatic rings. The molecular weight excluding hydrogens is 453 g/mol. The van der Waals surface area contributed by atoms with Gasteiger partial charge in [-0.05, 0) is 12.8 Å². The van der Waals surface area contributed by atoms with E-state index in [9.17, 15) is 26.4 Å². The fourth-order valence-electron chi connectivity index (χ4n) is 1.28. The van der Waals surface area contributed by atoms with Crippen molar-refractivity contribution in [2.75, 3.05) is 24.7 Å². The SMILES string of the molecule is O=C(O)CCCOC(=O)CCNS(=O)(=O)CCCS(=O)(=O)I. The van der Waals surface area contributed by atoms with Crippen molar-refractivity contribution in [2.45, 2.75) is 25.7 Å². The van der Waals surface area contributed by atoms with Gasteiger partial charge in [-0.15, -0.1) is 0 Å². The van der Waals surface area contributed by atoms with E-state index in [-0.39, 0.29) is 50.3 Å². The molecule has 130 valence electrons. The van der Waals surface area contributed by atoms with Crippen molar-refractivity contribution < 1.29 is 36.3 Å². The lowest BCUT2D eigenvalue weighted by atomic mass is 10.3. The number of ether oxygens (including phenoxy) is 1. The maximum absolute atomic E-state index is 11.5. The Morgan fingerprint density at radius 3 is 2.23 bits per heavy atom. The van der Waals surface area contributed by atoms with Crippen LogP contribution in [0.2, 0.25) is 0 Å². The summed E-state index contributed by atoms with van der Waals surface area (Å²) in [5, 5.41) is 8.38. The molecule has 22 heavy (non-hydrogen) atoms. The summed E-state index contributed by atoms with van der Waals surface area (Å²) in [6, 6.07) is 0. The van der Waals surface area contributed by atoms with Gasteiger partial charge in [-0.2, -0.15) is 0 Å². The number of carboxylic acids is 1. The van der Waals surface area contributed by atoms with E-state index in [0.717, 1.165) is 0 Å². The van der Waals surface area contributed by atoms with Gasteiger partial charge in [0, 0.05) is 13.0 Å². The lowest BCUT2D eigenvalue weighted by Crippen LogP contribution is -2.29. The first-order valence-corrected chi connectivity index (χ1v) is 12.1. The van der Waals surface area contributed by atoms with Gasteiger partial charge < -0.3 is 9.84 Å². The Bertz CT molecular complexity index is 572. The Balaban J connectivity index is 3.83. The molecule has 0 aromatic carbocycles. The minimum atomic E-state index is -3.64. The van der Waals surface area contributed by atoms with Gasteiger partial charge in [0.05, 0.1) is 45.7 Å². The number of hydrogen-bond donors (Lipinski definition) is 2. The number of hydrogen-bond acceptors (Lipinski definition) is 7. The molecule has 12 heteroatoms. The number of nitrogens with one attached hydrogen (secondary N) is 1. The second kappa shape index (κ2) is 10.3. The average Bonchev–Trinajstić information content (AvgIpc) is 2.32. The minimum absolute atomic E-state index is 0.0275. The van der Waals surface area contributed by atoms with Crippen molar-refractivity contribution in [1.29, 1.82) is 0 Å². The highest BCUT2D eigenvalue weighted by molar-refractivity contribution is 14.2. The fourth-order valence-corrected chi connectivity index (χ4v) is 3.97. The monoisotopic (exact) mass is 471 g/mol. The van der Waals surface area contributed by atoms with Gasteiger partial charge in [0.2, 0.25) is 17.0 Å². The third-order valence-electron chi connectivity index (χ3n) is 2.25. The molecule has 0 heterocycles. The van der Waals surface area contributed by atoms with Crippen molar-refractivity contribution in [3.8, 4) is 0 Å². The fraction of sp³-hybridized carbons (Fsp3) is 0.800. The van der Waals surface area contributed by atoms with Crippen molar-refractivity contribution in [1.82, 2.24) is 4.72 Å². The summed E-state index contributed by atoms with van der Waals surface area (Å²) in [7, 11) is -6.88. The van der Waals surface area contributed by atoms with Crippen LogP contribution in [-0.2, 0) is 31.4 Å². The molecule has 0 bridgehead atoms. The lowest BCUT2D eigenvalue weighted by Gasteiger charge is -2.06. The van der Waals surface area contributed by atoms with E-state index >= 15 is 0 Å². The van der Waals surface area contributed by atoms with Crippen LogP contribution < -0.4 is 4.72 Å². The quantitative estimate of drug-likeness (QED) is 0.173. The molecule has 0 atom stereocenters. The molecule has 0 radical (unpaired) electrons. The van der Waals surface area contributed by atoms with Gasteiger partial charge in [0.15, 0.2) is 0 Å². The van der Waals surface area contributed by atoms with Crippen LogP contribution in [0.1, 0.15) is 25.7 Å². The van der Waals surface area contributed by atoms with E-state index in [1.807, 2.05) is 0 Å². The molecule has 0 saturated heterocycles.